The maximum absolute atomic E-state index is 11.8. The van der Waals surface area contributed by atoms with Crippen LogP contribution in [0.2, 0.25) is 0 Å². The molecule has 0 aliphatic heterocycles. The second-order valence-electron chi connectivity index (χ2n) is 9.79. The normalized spacial score (nSPS) is 10.5. The molecule has 0 spiro atoms. The molecule has 0 fully saturated rings. The molecule has 0 saturated carbocycles. The topological polar surface area (TPSA) is 185 Å². The largest absolute Gasteiger partial charge is 0.338 e. The van der Waals surface area contributed by atoms with Crippen molar-refractivity contribution in [2.24, 2.45) is 0 Å². The first-order valence-corrected chi connectivity index (χ1v) is 14.6. The van der Waals surface area contributed by atoms with Crippen molar-refractivity contribution in [3.8, 4) is 22.8 Å². The van der Waals surface area contributed by atoms with Gasteiger partial charge in [0.15, 0.2) is 11.3 Å². The second-order valence-corrected chi connectivity index (χ2v) is 9.79. The molecule has 232 valence electrons. The summed E-state index contributed by atoms with van der Waals surface area (Å²) in [6.07, 6.45) is 3.41. The summed E-state index contributed by atoms with van der Waals surface area (Å²) in [6.45, 7) is 8.58. The molecule has 14 nitrogen and oxygen atoms in total. The van der Waals surface area contributed by atoms with Crippen LogP contribution >= 0.6 is 0 Å². The van der Waals surface area contributed by atoms with Gasteiger partial charge in [-0.1, -0.05) is 12.1 Å². The highest BCUT2D eigenvalue weighted by Gasteiger charge is 2.16. The number of aryl methyl sites for hydroxylation is 2. The van der Waals surface area contributed by atoms with Crippen LogP contribution in [0.15, 0.2) is 73.1 Å². The van der Waals surface area contributed by atoms with E-state index in [-0.39, 0.29) is 12.1 Å². The van der Waals surface area contributed by atoms with Gasteiger partial charge in [0.05, 0.1) is 22.8 Å². The van der Waals surface area contributed by atoms with Gasteiger partial charge < -0.3 is 10.6 Å². The molecule has 14 heteroatoms. The van der Waals surface area contributed by atoms with Crippen LogP contribution in [0, 0.1) is 13.8 Å². The number of hydrogen-bond donors (Lipinski definition) is 4. The number of fused-ring (bicyclic) bond motifs is 2. The van der Waals surface area contributed by atoms with Crippen molar-refractivity contribution in [1.29, 1.82) is 0 Å². The van der Waals surface area contributed by atoms with Crippen LogP contribution in [0.25, 0.3) is 45.1 Å². The maximum Gasteiger partial charge on any atom is 0.320 e. The predicted octanol–water partition coefficient (Wildman–Crippen LogP) is 5.07. The molecule has 6 aromatic rings. The molecule has 0 bridgehead atoms. The zero-order valence-corrected chi connectivity index (χ0v) is 25.7. The Hall–Kier alpha value is -6.18. The van der Waals surface area contributed by atoms with Crippen molar-refractivity contribution in [1.82, 2.24) is 50.5 Å². The average molecular weight is 617 g/mol. The summed E-state index contributed by atoms with van der Waals surface area (Å²) >= 11 is 0. The van der Waals surface area contributed by atoms with E-state index in [0.29, 0.717) is 64.3 Å². The van der Waals surface area contributed by atoms with E-state index < -0.39 is 0 Å². The second kappa shape index (κ2) is 14.5. The number of nitrogens with one attached hydrogen (secondary N) is 4. The third-order valence-electron chi connectivity index (χ3n) is 6.44. The fourth-order valence-corrected chi connectivity index (χ4v) is 4.20. The highest BCUT2D eigenvalue weighted by Crippen LogP contribution is 2.28. The molecular weight excluding hydrogens is 584 g/mol. The quantitative estimate of drug-likeness (QED) is 0.197. The zero-order valence-electron chi connectivity index (χ0n) is 25.7. The number of hydrogen-bond acceptors (Lipinski definition) is 10. The minimum atomic E-state index is -0.322. The maximum atomic E-state index is 11.8. The lowest BCUT2D eigenvalue weighted by atomic mass is 10.1. The van der Waals surface area contributed by atoms with Crippen LogP contribution in [0.4, 0.5) is 21.2 Å². The Morgan fingerprint density at radius 1 is 0.565 bits per heavy atom. The van der Waals surface area contributed by atoms with Crippen LogP contribution in [0.5, 0.6) is 0 Å². The number of aromatic nitrogens is 8. The van der Waals surface area contributed by atoms with Gasteiger partial charge >= 0.3 is 12.1 Å². The smallest absolute Gasteiger partial charge is 0.320 e. The molecule has 6 rings (SSSR count). The monoisotopic (exact) mass is 616 g/mol. The van der Waals surface area contributed by atoms with Gasteiger partial charge in [-0.2, -0.15) is 0 Å². The highest BCUT2D eigenvalue weighted by molar-refractivity contribution is 5.90. The number of urea groups is 2. The van der Waals surface area contributed by atoms with Gasteiger partial charge in [-0.3, -0.25) is 20.6 Å². The summed E-state index contributed by atoms with van der Waals surface area (Å²) in [7, 11) is 0. The molecule has 6 aromatic heterocycles. The van der Waals surface area contributed by atoms with E-state index in [2.05, 4.69) is 56.2 Å². The van der Waals surface area contributed by atoms with Crippen molar-refractivity contribution in [3.05, 3.63) is 84.4 Å². The van der Waals surface area contributed by atoms with Gasteiger partial charge in [0.1, 0.15) is 34.1 Å². The lowest BCUT2D eigenvalue weighted by molar-refractivity contribution is 0.251. The van der Waals surface area contributed by atoms with Crippen molar-refractivity contribution in [2.75, 3.05) is 23.7 Å². The van der Waals surface area contributed by atoms with Gasteiger partial charge in [0, 0.05) is 25.5 Å². The van der Waals surface area contributed by atoms with Gasteiger partial charge in [-0.15, -0.1) is 0 Å². The van der Waals surface area contributed by atoms with E-state index in [0.717, 1.165) is 16.9 Å². The van der Waals surface area contributed by atoms with E-state index in [9.17, 15) is 9.59 Å². The Balaban J connectivity index is 0.000000200. The van der Waals surface area contributed by atoms with Gasteiger partial charge in [-0.05, 0) is 76.2 Å². The Kier molecular flexibility index (Phi) is 9.87. The molecule has 46 heavy (non-hydrogen) atoms. The minimum absolute atomic E-state index is 0.277. The highest BCUT2D eigenvalue weighted by atomic mass is 16.2. The Bertz CT molecular complexity index is 1990. The Labute approximate surface area is 264 Å². The van der Waals surface area contributed by atoms with Gasteiger partial charge in [-0.25, -0.2) is 39.5 Å². The lowest BCUT2D eigenvalue weighted by Crippen LogP contribution is -2.28. The summed E-state index contributed by atoms with van der Waals surface area (Å²) in [5.41, 5.74) is 6.55. The Morgan fingerprint density at radius 3 is 1.54 bits per heavy atom. The fraction of sp³-hybridized carbons (Fsp3) is 0.188. The van der Waals surface area contributed by atoms with Crippen molar-refractivity contribution in [2.45, 2.75) is 27.7 Å². The lowest BCUT2D eigenvalue weighted by Gasteiger charge is -2.10. The van der Waals surface area contributed by atoms with Crippen LogP contribution in [0.1, 0.15) is 25.2 Å². The average Bonchev–Trinajstić information content (AvgIpc) is 3.06. The van der Waals surface area contributed by atoms with Crippen LogP contribution < -0.4 is 21.3 Å². The van der Waals surface area contributed by atoms with E-state index in [1.807, 2.05) is 64.1 Å². The third kappa shape index (κ3) is 7.66. The molecule has 0 aliphatic rings. The minimum Gasteiger partial charge on any atom is -0.338 e. The molecule has 0 saturated heterocycles. The SMILES string of the molecule is CCNC(=O)Nc1ccc2nc(-c3ccccn3)c(-c3ccccn3)nc2n1.CCNC(=O)Nc1ccc2nc(C)c(C)nc2n1. The van der Waals surface area contributed by atoms with E-state index in [4.69, 9.17) is 4.98 Å². The molecular formula is C32H32N12O2. The zero-order chi connectivity index (χ0) is 32.5. The molecule has 0 aromatic carbocycles. The standard InChI is InChI=1S/C20H17N7O.C12H15N5O/c1-2-21-20(28)26-16-10-9-15-19(25-16)27-18(14-8-4-6-12-23-14)17(24-15)13-7-3-5-11-22-13;1-4-13-12(18)17-10-6-5-9-11(16-10)15-8(3)7(2)14-9/h3-12H,2H2,1H3,(H2,21,25,26,27,28);5-6H,4H2,1-3H3,(H2,13,15,16,17,18). The molecule has 6 heterocycles. The first kappa shape index (κ1) is 31.3. The van der Waals surface area contributed by atoms with Crippen LogP contribution in [-0.4, -0.2) is 65.0 Å². The van der Waals surface area contributed by atoms with E-state index >= 15 is 0 Å². The summed E-state index contributed by atoms with van der Waals surface area (Å²) in [6, 6.07) is 17.6. The number of anilines is 2. The van der Waals surface area contributed by atoms with Crippen molar-refractivity contribution >= 4 is 46.0 Å². The first-order chi connectivity index (χ1) is 22.3. The summed E-state index contributed by atoms with van der Waals surface area (Å²) < 4.78 is 0. The van der Waals surface area contributed by atoms with Gasteiger partial charge in [0.25, 0.3) is 0 Å². The third-order valence-corrected chi connectivity index (χ3v) is 6.44. The molecule has 0 atom stereocenters. The molecule has 0 radical (unpaired) electrons. The van der Waals surface area contributed by atoms with Crippen LogP contribution in [-0.2, 0) is 0 Å². The van der Waals surface area contributed by atoms with Crippen molar-refractivity contribution in [3.63, 3.8) is 0 Å². The summed E-state index contributed by atoms with van der Waals surface area (Å²) in [4.78, 5) is 58.7. The summed E-state index contributed by atoms with van der Waals surface area (Å²) in [5, 5.41) is 10.6. The number of pyridine rings is 4. The number of carbonyl (C=O) groups is 2. The number of carbonyl (C=O) groups excluding carboxylic acids is 2. The van der Waals surface area contributed by atoms with Crippen molar-refractivity contribution < 1.29 is 9.59 Å². The number of nitrogens with zero attached hydrogens (tertiary/aromatic N) is 8. The fourth-order valence-electron chi connectivity index (χ4n) is 4.20. The Morgan fingerprint density at radius 2 is 1.04 bits per heavy atom. The first-order valence-electron chi connectivity index (χ1n) is 14.6. The molecule has 4 amide bonds. The molecule has 4 N–H and O–H groups in total. The van der Waals surface area contributed by atoms with Gasteiger partial charge in [0.2, 0.25) is 0 Å². The molecule has 0 aliphatic carbocycles. The number of rotatable bonds is 6. The van der Waals surface area contributed by atoms with Crippen LogP contribution in [0.3, 0.4) is 0 Å². The van der Waals surface area contributed by atoms with E-state index in [1.54, 1.807) is 36.7 Å². The summed E-state index contributed by atoms with van der Waals surface area (Å²) in [5.74, 6) is 0.858. The number of amides is 4. The molecule has 0 unspecified atom stereocenters. The predicted molar refractivity (Wildman–Crippen MR) is 176 cm³/mol. The van der Waals surface area contributed by atoms with E-state index in [1.165, 1.54) is 0 Å².